The molecule has 0 radical (unpaired) electrons. The number of thiophene rings is 1. The smallest absolute Gasteiger partial charge is 0.350 e. The van der Waals surface area contributed by atoms with Crippen molar-refractivity contribution in [3.05, 3.63) is 4.88 Å². The minimum absolute atomic E-state index is 0.00879. The predicted octanol–water partition coefficient (Wildman–Crippen LogP) is 2.15. The summed E-state index contributed by atoms with van der Waals surface area (Å²) in [4.78, 5) is 14.0. The highest BCUT2D eigenvalue weighted by Crippen LogP contribution is 2.41. The number of sulfone groups is 1. The van der Waals surface area contributed by atoms with Crippen LogP contribution in [0, 0.1) is 0 Å². The zero-order chi connectivity index (χ0) is 16.2. The fourth-order valence-corrected chi connectivity index (χ4v) is 4.70. The highest BCUT2D eigenvalue weighted by atomic mass is 32.2. The van der Waals surface area contributed by atoms with E-state index in [4.69, 9.17) is 10.5 Å². The van der Waals surface area contributed by atoms with Gasteiger partial charge in [0, 0.05) is 19.3 Å². The number of nitrogens with zero attached hydrogens (tertiary/aromatic N) is 1. The van der Waals surface area contributed by atoms with Crippen LogP contribution in [0.2, 0.25) is 0 Å². The van der Waals surface area contributed by atoms with Crippen molar-refractivity contribution in [1.29, 1.82) is 0 Å². The summed E-state index contributed by atoms with van der Waals surface area (Å²) in [6.45, 7) is 7.18. The standard InChI is InChI=1S/C13H22N2O4S2/c1-5-8-15(6-2)12-11(21(4,17)18)9(14)10(20-12)13(16)19-7-3/h5-8,14H2,1-4H3. The van der Waals surface area contributed by atoms with Crippen molar-refractivity contribution >= 4 is 37.8 Å². The molecule has 1 aromatic rings. The first-order valence-corrected chi connectivity index (χ1v) is 9.52. The third-order valence-corrected chi connectivity index (χ3v) is 5.41. The van der Waals surface area contributed by atoms with Crippen LogP contribution < -0.4 is 10.6 Å². The van der Waals surface area contributed by atoms with Crippen LogP contribution in [-0.4, -0.2) is 40.3 Å². The van der Waals surface area contributed by atoms with Crippen molar-refractivity contribution in [2.45, 2.75) is 32.1 Å². The van der Waals surface area contributed by atoms with Crippen molar-refractivity contribution in [2.24, 2.45) is 0 Å². The summed E-state index contributed by atoms with van der Waals surface area (Å²) in [6.07, 6.45) is 1.97. The van der Waals surface area contributed by atoms with Gasteiger partial charge in [-0.05, 0) is 20.3 Å². The molecule has 0 bridgehead atoms. The van der Waals surface area contributed by atoms with Gasteiger partial charge in [0.2, 0.25) is 0 Å². The van der Waals surface area contributed by atoms with Gasteiger partial charge in [0.1, 0.15) is 14.8 Å². The Kier molecular flexibility index (Phi) is 6.03. The number of esters is 1. The zero-order valence-corrected chi connectivity index (χ0v) is 14.4. The van der Waals surface area contributed by atoms with E-state index < -0.39 is 15.8 Å². The molecular weight excluding hydrogens is 312 g/mol. The molecule has 0 fully saturated rings. The molecule has 1 heterocycles. The molecule has 8 heteroatoms. The van der Waals surface area contributed by atoms with E-state index in [1.165, 1.54) is 0 Å². The molecule has 120 valence electrons. The quantitative estimate of drug-likeness (QED) is 0.768. The second kappa shape index (κ2) is 7.13. The molecule has 0 aromatic carbocycles. The molecule has 0 saturated carbocycles. The van der Waals surface area contributed by atoms with E-state index in [2.05, 4.69) is 0 Å². The average molecular weight is 334 g/mol. The number of hydrogen-bond acceptors (Lipinski definition) is 7. The van der Waals surface area contributed by atoms with Crippen molar-refractivity contribution in [3.8, 4) is 0 Å². The van der Waals surface area contributed by atoms with Crippen LogP contribution >= 0.6 is 11.3 Å². The molecule has 1 aromatic heterocycles. The van der Waals surface area contributed by atoms with Crippen LogP contribution in [0.15, 0.2) is 4.90 Å². The maximum absolute atomic E-state index is 12.0. The van der Waals surface area contributed by atoms with Crippen LogP contribution in [0.4, 0.5) is 10.7 Å². The van der Waals surface area contributed by atoms with Crippen LogP contribution in [0.25, 0.3) is 0 Å². The largest absolute Gasteiger partial charge is 0.462 e. The van der Waals surface area contributed by atoms with Crippen molar-refractivity contribution in [2.75, 3.05) is 36.6 Å². The Balaban J connectivity index is 3.48. The van der Waals surface area contributed by atoms with E-state index in [9.17, 15) is 13.2 Å². The summed E-state index contributed by atoms with van der Waals surface area (Å²) < 4.78 is 29.0. The van der Waals surface area contributed by atoms with Gasteiger partial charge < -0.3 is 15.4 Å². The van der Waals surface area contributed by atoms with Gasteiger partial charge in [-0.25, -0.2) is 13.2 Å². The van der Waals surface area contributed by atoms with E-state index in [0.29, 0.717) is 18.1 Å². The molecule has 0 aliphatic rings. The van der Waals surface area contributed by atoms with Gasteiger partial charge in [-0.1, -0.05) is 6.92 Å². The van der Waals surface area contributed by atoms with Crippen molar-refractivity contribution < 1.29 is 17.9 Å². The Bertz CT molecular complexity index is 608. The normalized spacial score (nSPS) is 11.4. The van der Waals surface area contributed by atoms with Crippen molar-refractivity contribution in [1.82, 2.24) is 0 Å². The molecular formula is C13H22N2O4S2. The third-order valence-electron chi connectivity index (χ3n) is 2.88. The van der Waals surface area contributed by atoms with Gasteiger partial charge >= 0.3 is 5.97 Å². The van der Waals surface area contributed by atoms with E-state index >= 15 is 0 Å². The lowest BCUT2D eigenvalue weighted by Gasteiger charge is -2.21. The summed E-state index contributed by atoms with van der Waals surface area (Å²) >= 11 is 1.08. The van der Waals surface area contributed by atoms with Gasteiger partial charge in [-0.15, -0.1) is 11.3 Å². The highest BCUT2D eigenvalue weighted by molar-refractivity contribution is 7.91. The first-order valence-electron chi connectivity index (χ1n) is 6.82. The van der Waals surface area contributed by atoms with Gasteiger partial charge in [-0.2, -0.15) is 0 Å². The summed E-state index contributed by atoms with van der Waals surface area (Å²) in [5, 5.41) is 0.516. The van der Waals surface area contributed by atoms with Crippen LogP contribution in [0.1, 0.15) is 36.9 Å². The third kappa shape index (κ3) is 3.88. The molecule has 21 heavy (non-hydrogen) atoms. The number of nitrogen functional groups attached to an aromatic ring is 1. The Labute approximate surface area is 129 Å². The fourth-order valence-electron chi connectivity index (χ4n) is 2.00. The maximum Gasteiger partial charge on any atom is 0.350 e. The Morgan fingerprint density at radius 1 is 1.33 bits per heavy atom. The molecule has 0 amide bonds. The lowest BCUT2D eigenvalue weighted by atomic mass is 10.3. The first-order chi connectivity index (χ1) is 9.77. The van der Waals surface area contributed by atoms with Gasteiger partial charge in [0.15, 0.2) is 9.84 Å². The summed E-state index contributed by atoms with van der Waals surface area (Å²) in [6, 6.07) is 0. The average Bonchev–Trinajstić information content (AvgIpc) is 2.73. The van der Waals surface area contributed by atoms with E-state index in [1.54, 1.807) is 6.92 Å². The number of rotatable bonds is 7. The summed E-state index contributed by atoms with van der Waals surface area (Å²) in [5.74, 6) is -0.580. The highest BCUT2D eigenvalue weighted by Gasteiger charge is 2.29. The number of hydrogen-bond donors (Lipinski definition) is 1. The molecule has 2 N–H and O–H groups in total. The van der Waals surface area contributed by atoms with E-state index in [-0.39, 0.29) is 22.1 Å². The van der Waals surface area contributed by atoms with Gasteiger partial charge in [0.05, 0.1) is 12.3 Å². The van der Waals surface area contributed by atoms with Crippen LogP contribution in [0.5, 0.6) is 0 Å². The summed E-state index contributed by atoms with van der Waals surface area (Å²) in [5.41, 5.74) is 5.91. The number of anilines is 2. The van der Waals surface area contributed by atoms with Crippen LogP contribution in [-0.2, 0) is 14.6 Å². The molecule has 0 saturated heterocycles. The minimum atomic E-state index is -3.53. The molecule has 1 rings (SSSR count). The SMILES string of the molecule is CCCN(CC)c1sc(C(=O)OCC)c(N)c1S(C)(=O)=O. The molecule has 0 spiro atoms. The minimum Gasteiger partial charge on any atom is -0.462 e. The fraction of sp³-hybridized carbons (Fsp3) is 0.615. The van der Waals surface area contributed by atoms with Crippen molar-refractivity contribution in [3.63, 3.8) is 0 Å². The molecule has 6 nitrogen and oxygen atoms in total. The topological polar surface area (TPSA) is 89.7 Å². The number of carbonyl (C=O) groups is 1. The number of nitrogens with two attached hydrogens (primary N) is 1. The predicted molar refractivity (Wildman–Crippen MR) is 86.0 cm³/mol. The number of carbonyl (C=O) groups excluding carboxylic acids is 1. The van der Waals surface area contributed by atoms with Gasteiger partial charge in [-0.3, -0.25) is 0 Å². The lowest BCUT2D eigenvalue weighted by Crippen LogP contribution is -2.24. The number of ether oxygens (including phenoxy) is 1. The molecule has 0 aliphatic carbocycles. The Morgan fingerprint density at radius 2 is 1.95 bits per heavy atom. The van der Waals surface area contributed by atoms with E-state index in [1.807, 2.05) is 18.7 Å². The monoisotopic (exact) mass is 334 g/mol. The van der Waals surface area contributed by atoms with Gasteiger partial charge in [0.25, 0.3) is 0 Å². The van der Waals surface area contributed by atoms with Crippen LogP contribution in [0.3, 0.4) is 0 Å². The Morgan fingerprint density at radius 3 is 2.38 bits per heavy atom. The maximum atomic E-state index is 12.0. The zero-order valence-electron chi connectivity index (χ0n) is 12.8. The second-order valence-electron chi connectivity index (χ2n) is 4.55. The molecule has 0 atom stereocenters. The lowest BCUT2D eigenvalue weighted by molar-refractivity contribution is 0.0533. The molecule has 0 aliphatic heterocycles. The Hall–Kier alpha value is -1.28. The second-order valence-corrected chi connectivity index (χ2v) is 7.50. The first kappa shape index (κ1) is 17.8. The summed E-state index contributed by atoms with van der Waals surface area (Å²) in [7, 11) is -3.53. The van der Waals surface area contributed by atoms with E-state index in [0.717, 1.165) is 24.0 Å². The molecule has 0 unspecified atom stereocenters.